The quantitative estimate of drug-likeness (QED) is 0.711. The summed E-state index contributed by atoms with van der Waals surface area (Å²) in [5, 5.41) is 3.96. The van der Waals surface area contributed by atoms with E-state index < -0.39 is 11.7 Å². The van der Waals surface area contributed by atoms with Crippen molar-refractivity contribution >= 4 is 17.7 Å². The number of ether oxygens (including phenoxy) is 1. The molecular weight excluding hydrogens is 337 g/mol. The van der Waals surface area contributed by atoms with Crippen molar-refractivity contribution in [3.63, 3.8) is 0 Å². The summed E-state index contributed by atoms with van der Waals surface area (Å²) in [5.74, 6) is -0.624. The van der Waals surface area contributed by atoms with Crippen LogP contribution in [-0.4, -0.2) is 28.7 Å². The van der Waals surface area contributed by atoms with Crippen LogP contribution in [0.2, 0.25) is 0 Å². The molecule has 1 aliphatic rings. The SMILES string of the molecule is CCOc1ccccc1-c1noc(C2C=Nc3ccc(F)cc3C2=O)n1. The second kappa shape index (κ2) is 6.51. The molecule has 26 heavy (non-hydrogen) atoms. The van der Waals surface area contributed by atoms with Crippen LogP contribution in [0.3, 0.4) is 0 Å². The molecule has 0 saturated heterocycles. The fraction of sp³-hybridized carbons (Fsp3) is 0.158. The molecule has 0 spiro atoms. The third-order valence-electron chi connectivity index (χ3n) is 4.00. The molecule has 1 aromatic heterocycles. The largest absolute Gasteiger partial charge is 0.493 e. The maximum absolute atomic E-state index is 13.5. The zero-order valence-corrected chi connectivity index (χ0v) is 13.8. The number of Topliss-reactive ketones (excluding diaryl/α,β-unsaturated/α-hetero) is 1. The normalized spacial score (nSPS) is 15.8. The van der Waals surface area contributed by atoms with Crippen LogP contribution in [0.15, 0.2) is 52.0 Å². The lowest BCUT2D eigenvalue weighted by Crippen LogP contribution is -2.18. The third kappa shape index (κ3) is 2.77. The number of benzene rings is 2. The van der Waals surface area contributed by atoms with Gasteiger partial charge in [-0.25, -0.2) is 4.39 Å². The average molecular weight is 351 g/mol. The van der Waals surface area contributed by atoms with Gasteiger partial charge in [0.2, 0.25) is 11.7 Å². The number of aliphatic imine (C=N–C) groups is 1. The molecule has 2 aromatic carbocycles. The maximum Gasteiger partial charge on any atom is 0.243 e. The van der Waals surface area contributed by atoms with Crippen molar-refractivity contribution in [2.45, 2.75) is 12.8 Å². The Bertz CT molecular complexity index is 1010. The summed E-state index contributed by atoms with van der Waals surface area (Å²) in [4.78, 5) is 21.2. The van der Waals surface area contributed by atoms with Crippen LogP contribution < -0.4 is 4.74 Å². The second-order valence-electron chi connectivity index (χ2n) is 5.67. The average Bonchev–Trinajstić information content (AvgIpc) is 3.13. The van der Waals surface area contributed by atoms with Gasteiger partial charge in [-0.05, 0) is 37.3 Å². The van der Waals surface area contributed by atoms with Gasteiger partial charge in [-0.1, -0.05) is 17.3 Å². The zero-order valence-electron chi connectivity index (χ0n) is 13.8. The zero-order chi connectivity index (χ0) is 18.1. The van der Waals surface area contributed by atoms with Crippen molar-refractivity contribution in [1.82, 2.24) is 10.1 Å². The molecule has 130 valence electrons. The fourth-order valence-corrected chi connectivity index (χ4v) is 2.79. The Morgan fingerprint density at radius 2 is 2.04 bits per heavy atom. The number of halogens is 1. The van der Waals surface area contributed by atoms with Crippen molar-refractivity contribution in [3.05, 3.63) is 59.7 Å². The molecule has 0 amide bonds. The first-order valence-corrected chi connectivity index (χ1v) is 8.11. The van der Waals surface area contributed by atoms with E-state index in [2.05, 4.69) is 15.1 Å². The molecule has 3 aromatic rings. The monoisotopic (exact) mass is 351 g/mol. The molecule has 7 heteroatoms. The smallest absolute Gasteiger partial charge is 0.243 e. The number of para-hydroxylation sites is 1. The Balaban J connectivity index is 1.69. The van der Waals surface area contributed by atoms with Gasteiger partial charge in [0.1, 0.15) is 17.5 Å². The van der Waals surface area contributed by atoms with E-state index in [0.717, 1.165) is 0 Å². The number of hydrogen-bond acceptors (Lipinski definition) is 6. The van der Waals surface area contributed by atoms with Crippen LogP contribution in [0.25, 0.3) is 11.4 Å². The van der Waals surface area contributed by atoms with Gasteiger partial charge in [0.15, 0.2) is 5.78 Å². The van der Waals surface area contributed by atoms with Gasteiger partial charge in [0.05, 0.1) is 17.9 Å². The van der Waals surface area contributed by atoms with Gasteiger partial charge in [0.25, 0.3) is 0 Å². The Hall–Kier alpha value is -3.35. The summed E-state index contributed by atoms with van der Waals surface area (Å²) in [6.45, 7) is 2.38. The number of rotatable bonds is 4. The van der Waals surface area contributed by atoms with Gasteiger partial charge < -0.3 is 9.26 Å². The highest BCUT2D eigenvalue weighted by molar-refractivity contribution is 6.15. The summed E-state index contributed by atoms with van der Waals surface area (Å²) in [6.07, 6.45) is 1.44. The second-order valence-corrected chi connectivity index (χ2v) is 5.67. The predicted molar refractivity (Wildman–Crippen MR) is 92.5 cm³/mol. The first kappa shape index (κ1) is 16.1. The summed E-state index contributed by atoms with van der Waals surface area (Å²) >= 11 is 0. The van der Waals surface area contributed by atoms with Crippen LogP contribution in [0, 0.1) is 5.82 Å². The van der Waals surface area contributed by atoms with Crippen LogP contribution in [-0.2, 0) is 0 Å². The van der Waals surface area contributed by atoms with Crippen molar-refractivity contribution in [1.29, 1.82) is 0 Å². The lowest BCUT2D eigenvalue weighted by atomic mass is 9.94. The Kier molecular flexibility index (Phi) is 4.04. The summed E-state index contributed by atoms with van der Waals surface area (Å²) < 4.78 is 24.3. The standard InChI is InChI=1S/C19H14FN3O3/c1-2-25-16-6-4-3-5-12(16)18-22-19(26-23-18)14-10-21-15-8-7-11(20)9-13(15)17(14)24/h3-10,14H,2H2,1H3. The highest BCUT2D eigenvalue weighted by Crippen LogP contribution is 2.33. The van der Waals surface area contributed by atoms with E-state index >= 15 is 0 Å². The lowest BCUT2D eigenvalue weighted by Gasteiger charge is -2.14. The van der Waals surface area contributed by atoms with E-state index in [1.165, 1.54) is 24.4 Å². The molecular formula is C19H14FN3O3. The van der Waals surface area contributed by atoms with E-state index in [0.29, 0.717) is 29.4 Å². The van der Waals surface area contributed by atoms with Crippen LogP contribution in [0.5, 0.6) is 5.75 Å². The van der Waals surface area contributed by atoms with E-state index in [-0.39, 0.29) is 17.2 Å². The van der Waals surface area contributed by atoms with Crippen LogP contribution in [0.1, 0.15) is 29.1 Å². The van der Waals surface area contributed by atoms with Crippen molar-refractivity contribution in [2.24, 2.45) is 4.99 Å². The molecule has 1 atom stereocenters. The number of carbonyl (C=O) groups excluding carboxylic acids is 1. The van der Waals surface area contributed by atoms with Crippen molar-refractivity contribution < 1.29 is 18.4 Å². The number of carbonyl (C=O) groups is 1. The van der Waals surface area contributed by atoms with E-state index in [1.807, 2.05) is 19.1 Å². The first-order valence-electron chi connectivity index (χ1n) is 8.11. The molecule has 0 aliphatic carbocycles. The summed E-state index contributed by atoms with van der Waals surface area (Å²) in [7, 11) is 0. The van der Waals surface area contributed by atoms with Gasteiger partial charge in [0, 0.05) is 11.8 Å². The summed E-state index contributed by atoms with van der Waals surface area (Å²) in [5.41, 5.74) is 1.29. The Morgan fingerprint density at radius 3 is 2.88 bits per heavy atom. The van der Waals surface area contributed by atoms with Gasteiger partial charge >= 0.3 is 0 Å². The van der Waals surface area contributed by atoms with Gasteiger partial charge in [-0.2, -0.15) is 4.98 Å². The minimum Gasteiger partial charge on any atom is -0.493 e. The van der Waals surface area contributed by atoms with Crippen molar-refractivity contribution in [2.75, 3.05) is 6.61 Å². The lowest BCUT2D eigenvalue weighted by molar-refractivity contribution is 0.0971. The van der Waals surface area contributed by atoms with E-state index in [9.17, 15) is 9.18 Å². The Morgan fingerprint density at radius 1 is 1.19 bits per heavy atom. The summed E-state index contributed by atoms with van der Waals surface area (Å²) in [6, 6.07) is 11.2. The van der Waals surface area contributed by atoms with Gasteiger partial charge in [-0.15, -0.1) is 0 Å². The molecule has 1 aliphatic heterocycles. The minimum atomic E-state index is -0.843. The van der Waals surface area contributed by atoms with E-state index in [1.54, 1.807) is 12.1 Å². The molecule has 1 unspecified atom stereocenters. The molecule has 0 N–H and O–H groups in total. The van der Waals surface area contributed by atoms with Crippen LogP contribution >= 0.6 is 0 Å². The number of nitrogens with zero attached hydrogens (tertiary/aromatic N) is 3. The molecule has 0 radical (unpaired) electrons. The van der Waals surface area contributed by atoms with Gasteiger partial charge in [-0.3, -0.25) is 9.79 Å². The highest BCUT2D eigenvalue weighted by atomic mass is 19.1. The fourth-order valence-electron chi connectivity index (χ4n) is 2.79. The van der Waals surface area contributed by atoms with Crippen molar-refractivity contribution in [3.8, 4) is 17.1 Å². The number of aromatic nitrogens is 2. The molecule has 2 heterocycles. The van der Waals surface area contributed by atoms with Crippen LogP contribution in [0.4, 0.5) is 10.1 Å². The Labute approximate surface area is 148 Å². The number of fused-ring (bicyclic) bond motifs is 1. The molecule has 0 saturated carbocycles. The third-order valence-corrected chi connectivity index (χ3v) is 4.00. The highest BCUT2D eigenvalue weighted by Gasteiger charge is 2.31. The predicted octanol–water partition coefficient (Wildman–Crippen LogP) is 3.96. The molecule has 0 fully saturated rings. The minimum absolute atomic E-state index is 0.106. The number of hydrogen-bond donors (Lipinski definition) is 0. The molecule has 6 nitrogen and oxygen atoms in total. The molecule has 4 rings (SSSR count). The number of ketones is 1. The molecule has 0 bridgehead atoms. The maximum atomic E-state index is 13.5. The first-order chi connectivity index (χ1) is 12.7. The van der Waals surface area contributed by atoms with E-state index in [4.69, 9.17) is 9.26 Å². The topological polar surface area (TPSA) is 77.6 Å².